The Morgan fingerprint density at radius 3 is 2.57 bits per heavy atom. The summed E-state index contributed by atoms with van der Waals surface area (Å²) < 4.78 is 5.59. The number of carbonyl (C=O) groups is 2. The van der Waals surface area contributed by atoms with Crippen LogP contribution in [0.25, 0.3) is 16.7 Å². The number of hydrogen-bond donors (Lipinski definition) is 2. The molecular formula is C24H18N2O4. The van der Waals surface area contributed by atoms with Crippen molar-refractivity contribution in [3.05, 3.63) is 95.6 Å². The molecule has 4 aromatic rings. The number of Topliss-reactive ketones (excluding diaryl/α,β-unsaturated/α-hetero) is 1. The number of rotatable bonds is 3. The van der Waals surface area contributed by atoms with Gasteiger partial charge in [-0.25, -0.2) is 0 Å². The number of furan rings is 1. The monoisotopic (exact) mass is 398 g/mol. The van der Waals surface area contributed by atoms with Crippen LogP contribution in [0.15, 0.2) is 83.1 Å². The zero-order chi connectivity index (χ0) is 20.8. The van der Waals surface area contributed by atoms with Gasteiger partial charge in [0.25, 0.3) is 11.7 Å². The minimum absolute atomic E-state index is 0.00274. The predicted octanol–water partition coefficient (Wildman–Crippen LogP) is 4.70. The van der Waals surface area contributed by atoms with E-state index in [-0.39, 0.29) is 11.3 Å². The van der Waals surface area contributed by atoms with Crippen molar-refractivity contribution in [2.75, 3.05) is 4.90 Å². The van der Waals surface area contributed by atoms with Crippen LogP contribution in [0, 0.1) is 6.92 Å². The molecule has 5 rings (SSSR count). The van der Waals surface area contributed by atoms with E-state index in [0.29, 0.717) is 17.0 Å². The van der Waals surface area contributed by atoms with Crippen molar-refractivity contribution in [3.8, 4) is 0 Å². The first-order chi connectivity index (χ1) is 14.6. The zero-order valence-corrected chi connectivity index (χ0v) is 16.1. The largest absolute Gasteiger partial charge is 0.507 e. The average molecular weight is 398 g/mol. The van der Waals surface area contributed by atoms with Gasteiger partial charge in [0.15, 0.2) is 0 Å². The molecule has 1 aliphatic heterocycles. The van der Waals surface area contributed by atoms with E-state index < -0.39 is 17.7 Å². The highest BCUT2D eigenvalue weighted by molar-refractivity contribution is 6.51. The first kappa shape index (κ1) is 18.0. The van der Waals surface area contributed by atoms with Crippen LogP contribution in [0.5, 0.6) is 0 Å². The number of aliphatic hydroxyl groups excluding tert-OH is 1. The summed E-state index contributed by atoms with van der Waals surface area (Å²) in [6.45, 7) is 1.87. The SMILES string of the molecule is Cc1ccccc1N1C(=O)C(=O)/C(=C(\O)c2c[nH]c3ccccc23)C1c1ccco1. The molecule has 1 aliphatic rings. The number of aryl methyl sites for hydroxylation is 1. The van der Waals surface area contributed by atoms with Gasteiger partial charge >= 0.3 is 0 Å². The number of aromatic nitrogens is 1. The van der Waals surface area contributed by atoms with Crippen molar-refractivity contribution in [1.82, 2.24) is 4.98 Å². The molecule has 2 aromatic heterocycles. The first-order valence-electron chi connectivity index (χ1n) is 9.54. The number of carbonyl (C=O) groups excluding carboxylic acids is 2. The van der Waals surface area contributed by atoms with Crippen molar-refractivity contribution in [1.29, 1.82) is 0 Å². The van der Waals surface area contributed by atoms with E-state index in [0.717, 1.165) is 16.5 Å². The summed E-state index contributed by atoms with van der Waals surface area (Å²) in [4.78, 5) is 30.7. The van der Waals surface area contributed by atoms with Gasteiger partial charge in [-0.05, 0) is 36.8 Å². The molecule has 1 amide bonds. The first-order valence-corrected chi connectivity index (χ1v) is 9.54. The molecular weight excluding hydrogens is 380 g/mol. The minimum Gasteiger partial charge on any atom is -0.507 e. The van der Waals surface area contributed by atoms with E-state index >= 15 is 0 Å². The fourth-order valence-electron chi connectivity index (χ4n) is 4.04. The van der Waals surface area contributed by atoms with Gasteiger partial charge in [-0.1, -0.05) is 36.4 Å². The van der Waals surface area contributed by atoms with E-state index in [4.69, 9.17) is 4.42 Å². The zero-order valence-electron chi connectivity index (χ0n) is 16.1. The number of H-pyrrole nitrogens is 1. The van der Waals surface area contributed by atoms with Crippen molar-refractivity contribution in [2.24, 2.45) is 0 Å². The van der Waals surface area contributed by atoms with Crippen molar-refractivity contribution < 1.29 is 19.1 Å². The Kier molecular flexibility index (Phi) is 4.06. The molecule has 0 aliphatic carbocycles. The van der Waals surface area contributed by atoms with Crippen LogP contribution in [0.2, 0.25) is 0 Å². The smallest absolute Gasteiger partial charge is 0.300 e. The molecule has 1 unspecified atom stereocenters. The highest BCUT2D eigenvalue weighted by atomic mass is 16.3. The molecule has 2 aromatic carbocycles. The third-order valence-corrected chi connectivity index (χ3v) is 5.48. The number of hydrogen-bond acceptors (Lipinski definition) is 4. The summed E-state index contributed by atoms with van der Waals surface area (Å²) in [6, 6.07) is 17.3. The Balaban J connectivity index is 1.77. The second kappa shape index (κ2) is 6.77. The van der Waals surface area contributed by atoms with Crippen molar-refractivity contribution in [3.63, 3.8) is 0 Å². The number of nitrogens with zero attached hydrogens (tertiary/aromatic N) is 1. The van der Waals surface area contributed by atoms with Crippen molar-refractivity contribution in [2.45, 2.75) is 13.0 Å². The summed E-state index contributed by atoms with van der Waals surface area (Å²) in [6.07, 6.45) is 3.12. The molecule has 30 heavy (non-hydrogen) atoms. The molecule has 1 fully saturated rings. The maximum Gasteiger partial charge on any atom is 0.300 e. The van der Waals surface area contributed by atoms with Crippen LogP contribution in [-0.2, 0) is 9.59 Å². The Bertz CT molecular complexity index is 1310. The number of nitrogens with one attached hydrogen (secondary N) is 1. The number of benzene rings is 2. The van der Waals surface area contributed by atoms with Gasteiger partial charge in [0.05, 0.1) is 11.8 Å². The second-order valence-corrected chi connectivity index (χ2v) is 7.22. The van der Waals surface area contributed by atoms with E-state index in [1.165, 1.54) is 11.2 Å². The normalized spacial score (nSPS) is 18.4. The molecule has 2 N–H and O–H groups in total. The number of anilines is 1. The van der Waals surface area contributed by atoms with Gasteiger partial charge in [-0.3, -0.25) is 14.5 Å². The van der Waals surface area contributed by atoms with Crippen LogP contribution < -0.4 is 4.90 Å². The molecule has 1 atom stereocenters. The molecule has 6 nitrogen and oxygen atoms in total. The minimum atomic E-state index is -0.866. The lowest BCUT2D eigenvalue weighted by atomic mass is 9.98. The highest BCUT2D eigenvalue weighted by Crippen LogP contribution is 2.43. The van der Waals surface area contributed by atoms with Crippen LogP contribution in [0.3, 0.4) is 0 Å². The lowest BCUT2D eigenvalue weighted by Crippen LogP contribution is -2.29. The van der Waals surface area contributed by atoms with E-state index in [1.807, 2.05) is 43.3 Å². The third kappa shape index (κ3) is 2.58. The van der Waals surface area contributed by atoms with Gasteiger partial charge in [0.1, 0.15) is 17.6 Å². The lowest BCUT2D eigenvalue weighted by molar-refractivity contribution is -0.132. The molecule has 6 heteroatoms. The summed E-state index contributed by atoms with van der Waals surface area (Å²) in [5, 5.41) is 12.0. The van der Waals surface area contributed by atoms with Crippen molar-refractivity contribution >= 4 is 34.0 Å². The van der Waals surface area contributed by atoms with E-state index in [1.54, 1.807) is 30.5 Å². The molecule has 0 radical (unpaired) electrons. The topological polar surface area (TPSA) is 86.5 Å². The average Bonchev–Trinajstić information content (AvgIpc) is 3.48. The Morgan fingerprint density at radius 1 is 1.03 bits per heavy atom. The lowest BCUT2D eigenvalue weighted by Gasteiger charge is -2.24. The Hall–Kier alpha value is -4.06. The summed E-state index contributed by atoms with van der Waals surface area (Å²) in [7, 11) is 0. The molecule has 0 saturated carbocycles. The fourth-order valence-corrected chi connectivity index (χ4v) is 4.04. The van der Waals surface area contributed by atoms with Gasteiger partial charge in [0, 0.05) is 28.4 Å². The third-order valence-electron chi connectivity index (χ3n) is 5.48. The maximum absolute atomic E-state index is 13.1. The van der Waals surface area contributed by atoms with Crippen LogP contribution >= 0.6 is 0 Å². The predicted molar refractivity (Wildman–Crippen MR) is 113 cm³/mol. The Morgan fingerprint density at radius 2 is 1.80 bits per heavy atom. The molecule has 148 valence electrons. The molecule has 0 spiro atoms. The summed E-state index contributed by atoms with van der Waals surface area (Å²) in [5.74, 6) is -1.28. The maximum atomic E-state index is 13.1. The number of aliphatic hydroxyl groups is 1. The molecule has 1 saturated heterocycles. The van der Waals surface area contributed by atoms with Gasteiger partial charge < -0.3 is 14.5 Å². The van der Waals surface area contributed by atoms with Gasteiger partial charge in [0.2, 0.25) is 0 Å². The highest BCUT2D eigenvalue weighted by Gasteiger charge is 2.48. The number of fused-ring (bicyclic) bond motifs is 1. The van der Waals surface area contributed by atoms with Gasteiger partial charge in [-0.15, -0.1) is 0 Å². The van der Waals surface area contributed by atoms with Gasteiger partial charge in [-0.2, -0.15) is 0 Å². The second-order valence-electron chi connectivity index (χ2n) is 7.22. The quantitative estimate of drug-likeness (QED) is 0.298. The van der Waals surface area contributed by atoms with Crippen LogP contribution in [0.4, 0.5) is 5.69 Å². The number of aromatic amines is 1. The van der Waals surface area contributed by atoms with E-state index in [2.05, 4.69) is 4.98 Å². The molecule has 3 heterocycles. The summed E-state index contributed by atoms with van der Waals surface area (Å²) in [5.41, 5.74) is 2.72. The van der Waals surface area contributed by atoms with Crippen LogP contribution in [0.1, 0.15) is 22.9 Å². The van der Waals surface area contributed by atoms with Crippen LogP contribution in [-0.4, -0.2) is 21.8 Å². The Labute approximate surface area is 172 Å². The number of ketones is 1. The summed E-state index contributed by atoms with van der Waals surface area (Å²) >= 11 is 0. The number of amides is 1. The fraction of sp³-hybridized carbons (Fsp3) is 0.0833. The number of para-hydroxylation sites is 2. The standard InChI is InChI=1S/C24H18N2O4/c1-14-7-2-5-10-18(14)26-21(19-11-6-12-30-19)20(23(28)24(26)29)22(27)16-13-25-17-9-4-3-8-15(16)17/h2-13,21,25,27H,1H3/b22-20-. The van der Waals surface area contributed by atoms with E-state index in [9.17, 15) is 14.7 Å². The molecule has 0 bridgehead atoms.